The van der Waals surface area contributed by atoms with E-state index in [-0.39, 0.29) is 12.3 Å². The number of halogens is 1. The van der Waals surface area contributed by atoms with Gasteiger partial charge in [-0.15, -0.1) is 0 Å². The molecule has 2 rings (SSSR count). The zero-order valence-corrected chi connectivity index (χ0v) is 14.8. The van der Waals surface area contributed by atoms with Gasteiger partial charge < -0.3 is 4.90 Å². The van der Waals surface area contributed by atoms with Crippen LogP contribution in [-0.4, -0.2) is 42.1 Å². The highest BCUT2D eigenvalue weighted by molar-refractivity contribution is 7.92. The second-order valence-electron chi connectivity index (χ2n) is 6.13. The molecule has 0 radical (unpaired) electrons. The molecule has 2 N–H and O–H groups in total. The van der Waals surface area contributed by atoms with Crippen molar-refractivity contribution in [2.45, 2.75) is 31.7 Å². The molecule has 9 heteroatoms. The van der Waals surface area contributed by atoms with E-state index in [1.54, 1.807) is 0 Å². The molecule has 1 saturated heterocycles. The average Bonchev–Trinajstić information content (AvgIpc) is 2.73. The molecule has 0 unspecified atom stereocenters. The SMILES string of the molecule is CC(C)C[C@@H](C(=O)NO)N1C(=O)CS(=O)(=O)[C@H]1c1ccc(Cl)cc1. The molecule has 1 heterocycles. The molecular weight excluding hydrogens is 356 g/mol. The van der Waals surface area contributed by atoms with E-state index in [0.29, 0.717) is 10.6 Å². The van der Waals surface area contributed by atoms with Crippen LogP contribution in [0.1, 0.15) is 31.2 Å². The fourth-order valence-electron chi connectivity index (χ4n) is 2.83. The van der Waals surface area contributed by atoms with Crippen molar-refractivity contribution in [3.8, 4) is 0 Å². The Balaban J connectivity index is 2.52. The predicted molar refractivity (Wildman–Crippen MR) is 88.0 cm³/mol. The maximum Gasteiger partial charge on any atom is 0.266 e. The molecule has 7 nitrogen and oxygen atoms in total. The van der Waals surface area contributed by atoms with Crippen LogP contribution in [0.2, 0.25) is 5.02 Å². The molecule has 1 fully saturated rings. The summed E-state index contributed by atoms with van der Waals surface area (Å²) < 4.78 is 25.0. The third-order valence-corrected chi connectivity index (χ3v) is 5.88. The summed E-state index contributed by atoms with van der Waals surface area (Å²) >= 11 is 5.83. The van der Waals surface area contributed by atoms with Crippen LogP contribution in [0.25, 0.3) is 0 Å². The number of nitrogens with one attached hydrogen (secondary N) is 1. The molecule has 0 spiro atoms. The molecule has 132 valence electrons. The van der Waals surface area contributed by atoms with Gasteiger partial charge in [0.25, 0.3) is 5.91 Å². The molecule has 1 aliphatic heterocycles. The van der Waals surface area contributed by atoms with Crippen LogP contribution in [0.4, 0.5) is 0 Å². The Morgan fingerprint density at radius 3 is 2.46 bits per heavy atom. The van der Waals surface area contributed by atoms with Crippen molar-refractivity contribution in [1.29, 1.82) is 0 Å². The van der Waals surface area contributed by atoms with Crippen LogP contribution >= 0.6 is 11.6 Å². The van der Waals surface area contributed by atoms with E-state index in [1.165, 1.54) is 29.7 Å². The summed E-state index contributed by atoms with van der Waals surface area (Å²) in [4.78, 5) is 25.4. The van der Waals surface area contributed by atoms with Crippen molar-refractivity contribution >= 4 is 33.3 Å². The minimum absolute atomic E-state index is 0.00859. The topological polar surface area (TPSA) is 104 Å². The molecule has 1 aliphatic rings. The fraction of sp³-hybridized carbons (Fsp3) is 0.467. The van der Waals surface area contributed by atoms with Gasteiger partial charge in [-0.25, -0.2) is 13.9 Å². The van der Waals surface area contributed by atoms with Crippen LogP contribution in [0.3, 0.4) is 0 Å². The molecular formula is C15H19ClN2O5S. The summed E-state index contributed by atoms with van der Waals surface area (Å²) in [6.45, 7) is 3.67. The monoisotopic (exact) mass is 374 g/mol. The number of hydrogen-bond acceptors (Lipinski definition) is 5. The summed E-state index contributed by atoms with van der Waals surface area (Å²) in [5.41, 5.74) is 1.88. The molecule has 0 aromatic heterocycles. The molecule has 1 aromatic rings. The van der Waals surface area contributed by atoms with Crippen LogP contribution in [0, 0.1) is 5.92 Å². The van der Waals surface area contributed by atoms with Gasteiger partial charge in [0.15, 0.2) is 15.2 Å². The number of hydrogen-bond donors (Lipinski definition) is 2. The van der Waals surface area contributed by atoms with Crippen molar-refractivity contribution in [2.24, 2.45) is 5.92 Å². The number of carbonyl (C=O) groups is 2. The average molecular weight is 375 g/mol. The first kappa shape index (κ1) is 18.7. The zero-order valence-electron chi connectivity index (χ0n) is 13.3. The second kappa shape index (κ2) is 7.08. The molecule has 0 aliphatic carbocycles. The first-order valence-electron chi connectivity index (χ1n) is 7.39. The van der Waals surface area contributed by atoms with Gasteiger partial charge in [-0.3, -0.25) is 14.8 Å². The normalized spacial score (nSPS) is 21.1. The number of benzene rings is 1. The predicted octanol–water partition coefficient (Wildman–Crippen LogP) is 1.52. The van der Waals surface area contributed by atoms with E-state index in [0.717, 1.165) is 4.90 Å². The quantitative estimate of drug-likeness (QED) is 0.600. The molecule has 24 heavy (non-hydrogen) atoms. The van der Waals surface area contributed by atoms with E-state index in [4.69, 9.17) is 16.8 Å². The summed E-state index contributed by atoms with van der Waals surface area (Å²) in [6, 6.07) is 4.99. The number of sulfone groups is 1. The molecule has 2 atom stereocenters. The van der Waals surface area contributed by atoms with Gasteiger partial charge in [0.05, 0.1) is 0 Å². The van der Waals surface area contributed by atoms with Crippen molar-refractivity contribution in [3.63, 3.8) is 0 Å². The molecule has 0 bridgehead atoms. The Kier molecular flexibility index (Phi) is 5.52. The highest BCUT2D eigenvalue weighted by atomic mass is 35.5. The van der Waals surface area contributed by atoms with Gasteiger partial charge in [-0.05, 0) is 30.0 Å². The third kappa shape index (κ3) is 3.71. The first-order chi connectivity index (χ1) is 11.2. The van der Waals surface area contributed by atoms with Gasteiger partial charge >= 0.3 is 0 Å². The lowest BCUT2D eigenvalue weighted by Crippen LogP contribution is -2.48. The molecule has 2 amide bonds. The first-order valence-corrected chi connectivity index (χ1v) is 9.49. The van der Waals surface area contributed by atoms with Crippen LogP contribution < -0.4 is 5.48 Å². The number of nitrogens with zero attached hydrogens (tertiary/aromatic N) is 1. The van der Waals surface area contributed by atoms with E-state index in [2.05, 4.69) is 0 Å². The van der Waals surface area contributed by atoms with Crippen LogP contribution in [0.15, 0.2) is 24.3 Å². The highest BCUT2D eigenvalue weighted by Crippen LogP contribution is 2.37. The Bertz CT molecular complexity index is 733. The smallest absolute Gasteiger partial charge is 0.266 e. The molecule has 0 saturated carbocycles. The van der Waals surface area contributed by atoms with Gasteiger partial charge in [-0.2, -0.15) is 0 Å². The van der Waals surface area contributed by atoms with Gasteiger partial charge in [0, 0.05) is 5.02 Å². The fourth-order valence-corrected chi connectivity index (χ4v) is 4.79. The maximum absolute atomic E-state index is 12.5. The van der Waals surface area contributed by atoms with Crippen LogP contribution in [-0.2, 0) is 19.4 Å². The summed E-state index contributed by atoms with van der Waals surface area (Å²) in [7, 11) is -3.80. The number of hydroxylamine groups is 1. The highest BCUT2D eigenvalue weighted by Gasteiger charge is 2.49. The summed E-state index contributed by atoms with van der Waals surface area (Å²) in [6.07, 6.45) is 0.220. The minimum atomic E-state index is -3.80. The number of amides is 2. The zero-order chi connectivity index (χ0) is 18.1. The maximum atomic E-state index is 12.5. The van der Waals surface area contributed by atoms with Gasteiger partial charge in [0.2, 0.25) is 5.91 Å². The van der Waals surface area contributed by atoms with E-state index >= 15 is 0 Å². The standard InChI is InChI=1S/C15H19ClN2O5S/c1-9(2)7-12(14(20)17-21)18-13(19)8-24(22,23)15(18)10-3-5-11(16)6-4-10/h3-6,9,12,15,21H,7-8H2,1-2H3,(H,17,20)/t12-,15-/m0/s1. The lowest BCUT2D eigenvalue weighted by atomic mass is 10.0. The number of carbonyl (C=O) groups excluding carboxylic acids is 2. The van der Waals surface area contributed by atoms with Gasteiger partial charge in [-0.1, -0.05) is 37.6 Å². The van der Waals surface area contributed by atoms with E-state index in [9.17, 15) is 18.0 Å². The third-order valence-electron chi connectivity index (χ3n) is 3.80. The molecule has 1 aromatic carbocycles. The Labute approximate surface area is 145 Å². The largest absolute Gasteiger partial charge is 0.309 e. The second-order valence-corrected chi connectivity index (χ2v) is 8.63. The van der Waals surface area contributed by atoms with E-state index in [1.807, 2.05) is 13.8 Å². The van der Waals surface area contributed by atoms with Crippen molar-refractivity contribution in [2.75, 3.05) is 5.75 Å². The Morgan fingerprint density at radius 1 is 1.38 bits per heavy atom. The lowest BCUT2D eigenvalue weighted by Gasteiger charge is -2.31. The summed E-state index contributed by atoms with van der Waals surface area (Å²) in [5.74, 6) is -2.14. The van der Waals surface area contributed by atoms with E-state index < -0.39 is 38.8 Å². The van der Waals surface area contributed by atoms with Crippen LogP contribution in [0.5, 0.6) is 0 Å². The Hall–Kier alpha value is -1.64. The van der Waals surface area contributed by atoms with Crippen molar-refractivity contribution in [1.82, 2.24) is 10.4 Å². The Morgan fingerprint density at radius 2 is 1.96 bits per heavy atom. The lowest BCUT2D eigenvalue weighted by molar-refractivity contribution is -0.143. The summed E-state index contributed by atoms with van der Waals surface area (Å²) in [5, 5.41) is 8.14. The minimum Gasteiger partial charge on any atom is -0.309 e. The van der Waals surface area contributed by atoms with Crippen molar-refractivity contribution in [3.05, 3.63) is 34.9 Å². The number of rotatable bonds is 5. The van der Waals surface area contributed by atoms with Crippen molar-refractivity contribution < 1.29 is 23.2 Å². The van der Waals surface area contributed by atoms with Gasteiger partial charge in [0.1, 0.15) is 11.8 Å².